The van der Waals surface area contributed by atoms with Gasteiger partial charge in [0.1, 0.15) is 0 Å². The van der Waals surface area contributed by atoms with E-state index in [9.17, 15) is 13.2 Å². The Labute approximate surface area is 125 Å². The molecule has 0 aromatic heterocycles. The number of nitrogens with two attached hydrogens (primary N) is 1. The third kappa shape index (κ3) is 3.81. The molecule has 1 aromatic carbocycles. The van der Waals surface area contributed by atoms with Gasteiger partial charge < -0.3 is 11.1 Å². The minimum atomic E-state index is -3.46. The van der Waals surface area contributed by atoms with Crippen LogP contribution < -0.4 is 11.1 Å². The predicted molar refractivity (Wildman–Crippen MR) is 81.3 cm³/mol. The van der Waals surface area contributed by atoms with Crippen molar-refractivity contribution in [2.45, 2.75) is 24.7 Å². The summed E-state index contributed by atoms with van der Waals surface area (Å²) in [7, 11) is -3.46. The van der Waals surface area contributed by atoms with Crippen LogP contribution >= 0.6 is 0 Å². The summed E-state index contributed by atoms with van der Waals surface area (Å²) in [5, 5.41) is 2.62. The highest BCUT2D eigenvalue weighted by molar-refractivity contribution is 7.89. The molecule has 1 amide bonds. The summed E-state index contributed by atoms with van der Waals surface area (Å²) in [6.45, 7) is 3.07. The van der Waals surface area contributed by atoms with Crippen molar-refractivity contribution in [3.8, 4) is 0 Å². The molecule has 1 aliphatic rings. The van der Waals surface area contributed by atoms with Crippen molar-refractivity contribution in [2.75, 3.05) is 25.0 Å². The highest BCUT2D eigenvalue weighted by Crippen LogP contribution is 2.26. The SMILES string of the molecule is CC(=O)Nc1ccc(S(=O)(=O)N2CCC(CCN)C2)cc1. The number of hydrogen-bond acceptors (Lipinski definition) is 4. The molecular weight excluding hydrogens is 290 g/mol. The summed E-state index contributed by atoms with van der Waals surface area (Å²) in [6.07, 6.45) is 1.72. The van der Waals surface area contributed by atoms with Crippen LogP contribution in [0.5, 0.6) is 0 Å². The number of amides is 1. The second kappa shape index (κ2) is 6.55. The van der Waals surface area contributed by atoms with Gasteiger partial charge in [0.25, 0.3) is 0 Å². The number of anilines is 1. The smallest absolute Gasteiger partial charge is 0.243 e. The molecule has 21 heavy (non-hydrogen) atoms. The Morgan fingerprint density at radius 2 is 2.05 bits per heavy atom. The summed E-state index contributed by atoms with van der Waals surface area (Å²) >= 11 is 0. The van der Waals surface area contributed by atoms with E-state index >= 15 is 0 Å². The molecule has 0 saturated carbocycles. The van der Waals surface area contributed by atoms with Gasteiger partial charge in [0, 0.05) is 25.7 Å². The van der Waals surface area contributed by atoms with E-state index in [1.54, 1.807) is 12.1 Å². The van der Waals surface area contributed by atoms with Crippen LogP contribution in [0.3, 0.4) is 0 Å². The van der Waals surface area contributed by atoms with Crippen LogP contribution in [0.25, 0.3) is 0 Å². The lowest BCUT2D eigenvalue weighted by atomic mass is 10.1. The topological polar surface area (TPSA) is 92.5 Å². The number of carbonyl (C=O) groups is 1. The van der Waals surface area contributed by atoms with Crippen molar-refractivity contribution in [3.05, 3.63) is 24.3 Å². The van der Waals surface area contributed by atoms with Crippen LogP contribution in [0.4, 0.5) is 5.69 Å². The average molecular weight is 311 g/mol. The van der Waals surface area contributed by atoms with Crippen LogP contribution in [0, 0.1) is 5.92 Å². The van der Waals surface area contributed by atoms with Crippen molar-refractivity contribution >= 4 is 21.6 Å². The highest BCUT2D eigenvalue weighted by Gasteiger charge is 2.31. The number of carbonyl (C=O) groups excluding carboxylic acids is 1. The number of rotatable bonds is 5. The van der Waals surface area contributed by atoms with Gasteiger partial charge in [0.05, 0.1) is 4.90 Å². The normalized spacial score (nSPS) is 19.6. The third-order valence-corrected chi connectivity index (χ3v) is 5.52. The van der Waals surface area contributed by atoms with E-state index in [2.05, 4.69) is 5.32 Å². The van der Waals surface area contributed by atoms with Crippen molar-refractivity contribution in [1.82, 2.24) is 4.31 Å². The number of nitrogens with one attached hydrogen (secondary N) is 1. The lowest BCUT2D eigenvalue weighted by molar-refractivity contribution is -0.114. The van der Waals surface area contributed by atoms with E-state index in [4.69, 9.17) is 5.73 Å². The maximum absolute atomic E-state index is 12.5. The molecule has 1 heterocycles. The molecule has 1 unspecified atom stereocenters. The fourth-order valence-corrected chi connectivity index (χ4v) is 4.08. The van der Waals surface area contributed by atoms with E-state index in [-0.39, 0.29) is 10.8 Å². The monoisotopic (exact) mass is 311 g/mol. The van der Waals surface area contributed by atoms with Gasteiger partial charge in [0.15, 0.2) is 0 Å². The summed E-state index contributed by atoms with van der Waals surface area (Å²) in [6, 6.07) is 6.25. The Kier molecular flexibility index (Phi) is 4.97. The second-order valence-electron chi connectivity index (χ2n) is 5.30. The van der Waals surface area contributed by atoms with Gasteiger partial charge in [-0.25, -0.2) is 8.42 Å². The van der Waals surface area contributed by atoms with E-state index in [1.165, 1.54) is 23.4 Å². The fraction of sp³-hybridized carbons (Fsp3) is 0.500. The molecule has 0 bridgehead atoms. The van der Waals surface area contributed by atoms with E-state index in [1.807, 2.05) is 0 Å². The first kappa shape index (κ1) is 15.9. The average Bonchev–Trinajstić information content (AvgIpc) is 2.88. The van der Waals surface area contributed by atoms with Crippen molar-refractivity contribution in [1.29, 1.82) is 0 Å². The Balaban J connectivity index is 2.11. The number of sulfonamides is 1. The molecule has 116 valence electrons. The standard InChI is InChI=1S/C14H21N3O3S/c1-11(18)16-13-2-4-14(5-3-13)21(19,20)17-9-7-12(10-17)6-8-15/h2-5,12H,6-10,15H2,1H3,(H,16,18). The molecular formula is C14H21N3O3S. The van der Waals surface area contributed by atoms with Gasteiger partial charge in [0.2, 0.25) is 15.9 Å². The van der Waals surface area contributed by atoms with Crippen LogP contribution in [0.1, 0.15) is 19.8 Å². The highest BCUT2D eigenvalue weighted by atomic mass is 32.2. The first-order valence-electron chi connectivity index (χ1n) is 7.01. The number of nitrogens with zero attached hydrogens (tertiary/aromatic N) is 1. The minimum absolute atomic E-state index is 0.185. The van der Waals surface area contributed by atoms with Gasteiger partial charge in [-0.05, 0) is 49.6 Å². The van der Waals surface area contributed by atoms with Gasteiger partial charge in [-0.1, -0.05) is 0 Å². The predicted octanol–water partition coefficient (Wildman–Crippen LogP) is 1.00. The molecule has 0 aliphatic carbocycles. The lowest BCUT2D eigenvalue weighted by Gasteiger charge is -2.17. The van der Waals surface area contributed by atoms with E-state index < -0.39 is 10.0 Å². The molecule has 1 aliphatic heterocycles. The van der Waals surface area contributed by atoms with E-state index in [0.717, 1.165) is 12.8 Å². The van der Waals surface area contributed by atoms with Crippen LogP contribution in [-0.4, -0.2) is 38.3 Å². The zero-order valence-corrected chi connectivity index (χ0v) is 12.9. The molecule has 0 spiro atoms. The second-order valence-corrected chi connectivity index (χ2v) is 7.24. The molecule has 1 aromatic rings. The first-order valence-corrected chi connectivity index (χ1v) is 8.45. The molecule has 1 atom stereocenters. The largest absolute Gasteiger partial charge is 0.330 e. The van der Waals surface area contributed by atoms with Crippen molar-refractivity contribution < 1.29 is 13.2 Å². The molecule has 1 saturated heterocycles. The van der Waals surface area contributed by atoms with Crippen molar-refractivity contribution in [3.63, 3.8) is 0 Å². The lowest BCUT2D eigenvalue weighted by Crippen LogP contribution is -2.29. The summed E-state index contributed by atoms with van der Waals surface area (Å²) in [5.74, 6) is 0.165. The Morgan fingerprint density at radius 3 is 2.62 bits per heavy atom. The molecule has 6 nitrogen and oxygen atoms in total. The van der Waals surface area contributed by atoms with Crippen LogP contribution in [0.2, 0.25) is 0 Å². The summed E-state index contributed by atoms with van der Waals surface area (Å²) in [4.78, 5) is 11.2. The quantitative estimate of drug-likeness (QED) is 0.848. The molecule has 0 radical (unpaired) electrons. The Bertz CT molecular complexity index is 598. The maximum atomic E-state index is 12.5. The minimum Gasteiger partial charge on any atom is -0.330 e. The summed E-state index contributed by atoms with van der Waals surface area (Å²) in [5.41, 5.74) is 6.11. The van der Waals surface area contributed by atoms with Gasteiger partial charge in [-0.2, -0.15) is 4.31 Å². The van der Waals surface area contributed by atoms with Gasteiger partial charge in [-0.15, -0.1) is 0 Å². The van der Waals surface area contributed by atoms with Gasteiger partial charge in [-0.3, -0.25) is 4.79 Å². The molecule has 3 N–H and O–H groups in total. The molecule has 1 fully saturated rings. The zero-order chi connectivity index (χ0) is 15.5. The Hall–Kier alpha value is -1.44. The van der Waals surface area contributed by atoms with Crippen LogP contribution in [0.15, 0.2) is 29.2 Å². The number of hydrogen-bond donors (Lipinski definition) is 2. The third-order valence-electron chi connectivity index (χ3n) is 3.64. The first-order chi connectivity index (χ1) is 9.93. The zero-order valence-electron chi connectivity index (χ0n) is 12.1. The maximum Gasteiger partial charge on any atom is 0.243 e. The van der Waals surface area contributed by atoms with Gasteiger partial charge >= 0.3 is 0 Å². The Morgan fingerprint density at radius 1 is 1.38 bits per heavy atom. The fourth-order valence-electron chi connectivity index (χ4n) is 2.55. The number of benzene rings is 1. The van der Waals surface area contributed by atoms with E-state index in [0.29, 0.717) is 31.2 Å². The molecule has 2 rings (SSSR count). The molecule has 7 heteroatoms. The van der Waals surface area contributed by atoms with Crippen molar-refractivity contribution in [2.24, 2.45) is 11.7 Å². The summed E-state index contributed by atoms with van der Waals surface area (Å²) < 4.78 is 26.6. The van der Waals surface area contributed by atoms with Crippen LogP contribution in [-0.2, 0) is 14.8 Å².